The Balaban J connectivity index is 4.97. The van der Waals surface area contributed by atoms with Crippen LogP contribution in [0, 0.1) is 5.92 Å². The molecule has 0 aromatic carbocycles. The minimum atomic E-state index is -0.350. The number of hydrogen-bond acceptors (Lipinski definition) is 4. The normalized spacial score (nSPS) is 13.4. The predicted molar refractivity (Wildman–Crippen MR) is 70.8 cm³/mol. The first-order valence-electron chi connectivity index (χ1n) is 6.16. The number of esters is 1. The van der Waals surface area contributed by atoms with Gasteiger partial charge < -0.3 is 15.4 Å². The van der Waals surface area contributed by atoms with Crippen molar-refractivity contribution in [3.8, 4) is 0 Å². The molecule has 0 bridgehead atoms. The third kappa shape index (κ3) is 4.87. The van der Waals surface area contributed by atoms with Crippen LogP contribution in [-0.4, -0.2) is 43.0 Å². The summed E-state index contributed by atoms with van der Waals surface area (Å²) in [4.78, 5) is 24.7. The third-order valence-electron chi connectivity index (χ3n) is 2.72. The Labute approximate surface area is 109 Å². The van der Waals surface area contributed by atoms with E-state index in [0.717, 1.165) is 0 Å². The minimum Gasteiger partial charge on any atom is -0.463 e. The molecule has 1 unspecified atom stereocenters. The van der Waals surface area contributed by atoms with Gasteiger partial charge >= 0.3 is 5.97 Å². The zero-order valence-corrected chi connectivity index (χ0v) is 11.9. The highest BCUT2D eigenvalue weighted by Gasteiger charge is 2.21. The first-order valence-corrected chi connectivity index (χ1v) is 6.16. The Hall–Kier alpha value is -1.36. The highest BCUT2D eigenvalue weighted by Crippen LogP contribution is 2.13. The lowest BCUT2D eigenvalue weighted by atomic mass is 10.00. The van der Waals surface area contributed by atoms with E-state index in [1.165, 1.54) is 0 Å². The van der Waals surface area contributed by atoms with Crippen molar-refractivity contribution in [2.45, 2.75) is 33.7 Å². The number of likely N-dealkylation sites (N-methyl/N-ethyl adjacent to an activating group) is 1. The Morgan fingerprint density at radius 3 is 2.33 bits per heavy atom. The quantitative estimate of drug-likeness (QED) is 0.567. The van der Waals surface area contributed by atoms with Crippen molar-refractivity contribution < 1.29 is 14.3 Å². The van der Waals surface area contributed by atoms with Gasteiger partial charge in [-0.1, -0.05) is 19.9 Å². The van der Waals surface area contributed by atoms with E-state index in [1.54, 1.807) is 31.9 Å². The van der Waals surface area contributed by atoms with E-state index in [-0.39, 0.29) is 30.4 Å². The van der Waals surface area contributed by atoms with Crippen LogP contribution in [0.15, 0.2) is 11.6 Å². The summed E-state index contributed by atoms with van der Waals surface area (Å²) in [5, 5.41) is 0. The SMILES string of the molecule is CCOC(=O)C(C)=CC(C(C)C)N(C)C(=O)CN. The number of rotatable bonds is 6. The summed E-state index contributed by atoms with van der Waals surface area (Å²) in [7, 11) is 1.69. The molecule has 0 heterocycles. The van der Waals surface area contributed by atoms with Crippen molar-refractivity contribution in [3.05, 3.63) is 11.6 Å². The van der Waals surface area contributed by atoms with Gasteiger partial charge in [-0.2, -0.15) is 0 Å². The molecule has 0 aromatic rings. The Bertz CT molecular complexity index is 324. The van der Waals surface area contributed by atoms with Crippen LogP contribution in [0.5, 0.6) is 0 Å². The molecule has 104 valence electrons. The van der Waals surface area contributed by atoms with Gasteiger partial charge in [-0.3, -0.25) is 4.79 Å². The first-order chi connectivity index (χ1) is 8.34. The molecule has 0 aliphatic heterocycles. The molecule has 1 amide bonds. The Morgan fingerprint density at radius 1 is 1.39 bits per heavy atom. The maximum atomic E-state index is 11.6. The molecule has 0 aliphatic carbocycles. The molecule has 0 saturated heterocycles. The number of nitrogens with zero attached hydrogens (tertiary/aromatic N) is 1. The summed E-state index contributed by atoms with van der Waals surface area (Å²) in [6.07, 6.45) is 1.76. The van der Waals surface area contributed by atoms with E-state index in [2.05, 4.69) is 0 Å². The fourth-order valence-electron chi connectivity index (χ4n) is 1.63. The van der Waals surface area contributed by atoms with E-state index in [4.69, 9.17) is 10.5 Å². The van der Waals surface area contributed by atoms with Crippen molar-refractivity contribution in [1.29, 1.82) is 0 Å². The van der Waals surface area contributed by atoms with Crippen molar-refractivity contribution in [2.75, 3.05) is 20.2 Å². The van der Waals surface area contributed by atoms with Gasteiger partial charge in [0, 0.05) is 12.6 Å². The number of amides is 1. The van der Waals surface area contributed by atoms with Crippen LogP contribution >= 0.6 is 0 Å². The highest BCUT2D eigenvalue weighted by molar-refractivity contribution is 5.88. The summed E-state index contributed by atoms with van der Waals surface area (Å²) >= 11 is 0. The summed E-state index contributed by atoms with van der Waals surface area (Å²) in [6.45, 7) is 7.73. The molecule has 0 radical (unpaired) electrons. The maximum Gasteiger partial charge on any atom is 0.333 e. The molecule has 0 spiro atoms. The predicted octanol–water partition coefficient (Wildman–Crippen LogP) is 0.937. The maximum absolute atomic E-state index is 11.6. The number of nitrogens with two attached hydrogens (primary N) is 1. The zero-order valence-electron chi connectivity index (χ0n) is 11.9. The summed E-state index contributed by atoms with van der Waals surface area (Å²) in [6, 6.07) is -0.162. The lowest BCUT2D eigenvalue weighted by Crippen LogP contribution is -2.42. The monoisotopic (exact) mass is 256 g/mol. The number of hydrogen-bond donors (Lipinski definition) is 1. The molecule has 0 fully saturated rings. The van der Waals surface area contributed by atoms with Crippen molar-refractivity contribution in [1.82, 2.24) is 4.90 Å². The van der Waals surface area contributed by atoms with Crippen molar-refractivity contribution in [2.24, 2.45) is 11.7 Å². The van der Waals surface area contributed by atoms with Gasteiger partial charge in [0.05, 0.1) is 19.2 Å². The average Bonchev–Trinajstić information content (AvgIpc) is 2.33. The van der Waals surface area contributed by atoms with Crippen LogP contribution in [0.3, 0.4) is 0 Å². The minimum absolute atomic E-state index is 0.0357. The smallest absolute Gasteiger partial charge is 0.333 e. The molecular formula is C13H24N2O3. The van der Waals surface area contributed by atoms with Crippen LogP contribution in [0.1, 0.15) is 27.7 Å². The number of carbonyl (C=O) groups is 2. The van der Waals surface area contributed by atoms with Crippen molar-refractivity contribution >= 4 is 11.9 Å². The molecule has 2 N–H and O–H groups in total. The molecule has 0 saturated carbocycles. The molecule has 0 aliphatic rings. The highest BCUT2D eigenvalue weighted by atomic mass is 16.5. The number of carbonyl (C=O) groups excluding carboxylic acids is 2. The van der Waals surface area contributed by atoms with E-state index < -0.39 is 0 Å². The average molecular weight is 256 g/mol. The second-order valence-corrected chi connectivity index (χ2v) is 4.51. The molecule has 18 heavy (non-hydrogen) atoms. The molecule has 1 atom stereocenters. The summed E-state index contributed by atoms with van der Waals surface area (Å²) < 4.78 is 4.92. The fourth-order valence-corrected chi connectivity index (χ4v) is 1.63. The van der Waals surface area contributed by atoms with E-state index in [0.29, 0.717) is 12.2 Å². The van der Waals surface area contributed by atoms with Gasteiger partial charge in [-0.15, -0.1) is 0 Å². The van der Waals surface area contributed by atoms with Gasteiger partial charge in [-0.25, -0.2) is 4.79 Å². The van der Waals surface area contributed by atoms with E-state index in [1.807, 2.05) is 13.8 Å². The third-order valence-corrected chi connectivity index (χ3v) is 2.72. The van der Waals surface area contributed by atoms with Gasteiger partial charge in [0.1, 0.15) is 0 Å². The first kappa shape index (κ1) is 16.6. The fraction of sp³-hybridized carbons (Fsp3) is 0.692. The van der Waals surface area contributed by atoms with Gasteiger partial charge in [-0.05, 0) is 19.8 Å². The zero-order chi connectivity index (χ0) is 14.3. The second-order valence-electron chi connectivity index (χ2n) is 4.51. The number of ether oxygens (including phenoxy) is 1. The van der Waals surface area contributed by atoms with Crippen LogP contribution in [0.2, 0.25) is 0 Å². The Kier molecular flexibility index (Phi) is 7.27. The van der Waals surface area contributed by atoms with E-state index in [9.17, 15) is 9.59 Å². The lowest BCUT2D eigenvalue weighted by Gasteiger charge is -2.29. The van der Waals surface area contributed by atoms with Crippen LogP contribution in [0.4, 0.5) is 0 Å². The van der Waals surface area contributed by atoms with Gasteiger partial charge in [0.15, 0.2) is 0 Å². The van der Waals surface area contributed by atoms with Crippen molar-refractivity contribution in [3.63, 3.8) is 0 Å². The molecular weight excluding hydrogens is 232 g/mol. The van der Waals surface area contributed by atoms with Gasteiger partial charge in [0.25, 0.3) is 0 Å². The van der Waals surface area contributed by atoms with Gasteiger partial charge in [0.2, 0.25) is 5.91 Å². The molecule has 5 nitrogen and oxygen atoms in total. The molecule has 0 aromatic heterocycles. The lowest BCUT2D eigenvalue weighted by molar-refractivity contribution is -0.138. The molecule has 0 rings (SSSR count). The Morgan fingerprint density at radius 2 is 1.94 bits per heavy atom. The topological polar surface area (TPSA) is 72.6 Å². The standard InChI is InChI=1S/C13H24N2O3/c1-6-18-13(17)10(4)7-11(9(2)3)15(5)12(16)8-14/h7,9,11H,6,8,14H2,1-5H3. The summed E-state index contributed by atoms with van der Waals surface area (Å²) in [5.74, 6) is -0.312. The van der Waals surface area contributed by atoms with Crippen LogP contribution < -0.4 is 5.73 Å². The van der Waals surface area contributed by atoms with Crippen LogP contribution in [0.25, 0.3) is 0 Å². The van der Waals surface area contributed by atoms with Crippen LogP contribution in [-0.2, 0) is 14.3 Å². The largest absolute Gasteiger partial charge is 0.463 e. The molecule has 5 heteroatoms. The van der Waals surface area contributed by atoms with E-state index >= 15 is 0 Å². The second kappa shape index (κ2) is 7.87. The summed E-state index contributed by atoms with van der Waals surface area (Å²) in [5.41, 5.74) is 5.85.